The molecule has 0 spiro atoms. The number of ether oxygens (including phenoxy) is 2. The van der Waals surface area contributed by atoms with Crippen LogP contribution >= 0.6 is 0 Å². The number of para-hydroxylation sites is 2. The molecule has 2 nitrogen and oxygen atoms in total. The minimum Gasteiger partial charge on any atom is -0.522 e. The fourth-order valence-electron chi connectivity index (χ4n) is 0.909. The molecule has 0 aromatic heterocycles. The van der Waals surface area contributed by atoms with Gasteiger partial charge in [-0.1, -0.05) is 12.1 Å². The Hall–Kier alpha value is 1.03. The average molecular weight is 342 g/mol. The van der Waals surface area contributed by atoms with E-state index in [1.54, 1.807) is 0 Å². The Morgan fingerprint density at radius 1 is 0.857 bits per heavy atom. The van der Waals surface area contributed by atoms with Crippen molar-refractivity contribution < 1.29 is 74.9 Å². The second-order valence-corrected chi connectivity index (χ2v) is 2.14. The first-order chi connectivity index (χ1) is 5.88. The Morgan fingerprint density at radius 3 is 1.50 bits per heavy atom. The second kappa shape index (κ2) is 10.5. The molecule has 2 radical (unpaired) electrons. The van der Waals surface area contributed by atoms with Gasteiger partial charge in [0.25, 0.3) is 0 Å². The van der Waals surface area contributed by atoms with Crippen molar-refractivity contribution in [3.8, 4) is 11.5 Å². The molecule has 0 bridgehead atoms. The van der Waals surface area contributed by atoms with Crippen LogP contribution in [0, 0.1) is 13.8 Å². The fourth-order valence-corrected chi connectivity index (χ4v) is 0.909. The molecule has 0 fully saturated rings. The van der Waals surface area contributed by atoms with Gasteiger partial charge < -0.3 is 23.3 Å². The van der Waals surface area contributed by atoms with Crippen molar-refractivity contribution in [3.05, 3.63) is 38.1 Å². The van der Waals surface area contributed by atoms with E-state index in [9.17, 15) is 0 Å². The summed E-state index contributed by atoms with van der Waals surface area (Å²) in [4.78, 5) is 0. The summed E-state index contributed by atoms with van der Waals surface area (Å²) in [6.07, 6.45) is 0. The maximum absolute atomic E-state index is 5.23. The Balaban J connectivity index is 0. The van der Waals surface area contributed by atoms with Gasteiger partial charge in [0, 0.05) is 65.4 Å². The predicted molar refractivity (Wildman–Crippen MR) is 48.1 cm³/mol. The summed E-state index contributed by atoms with van der Waals surface area (Å²) in [6, 6.07) is 7.47. The zero-order valence-electron chi connectivity index (χ0n) is 8.11. The second-order valence-electron chi connectivity index (χ2n) is 2.14. The van der Waals surface area contributed by atoms with Crippen molar-refractivity contribution in [2.24, 2.45) is 0 Å². The molecule has 0 atom stereocenters. The van der Waals surface area contributed by atoms with E-state index < -0.39 is 0 Å². The van der Waals surface area contributed by atoms with E-state index in [1.165, 1.54) is 0 Å². The Kier molecular flexibility index (Phi) is 13.1. The third-order valence-corrected chi connectivity index (χ3v) is 1.36. The molecule has 1 rings (SSSR count). The summed E-state index contributed by atoms with van der Waals surface area (Å²) in [6.45, 7) is 7.98. The predicted octanol–water partition coefficient (Wildman–Crippen LogP) is 2.11. The normalized spacial score (nSPS) is 8.14. The molecule has 0 amide bonds. The third kappa shape index (κ3) is 5.80. The van der Waals surface area contributed by atoms with Crippen LogP contribution in [0.3, 0.4) is 0 Å². The molecule has 0 unspecified atom stereocenters. The van der Waals surface area contributed by atoms with Gasteiger partial charge in [0.05, 0.1) is 0 Å². The van der Waals surface area contributed by atoms with Crippen molar-refractivity contribution in [2.45, 2.75) is 0 Å². The molecule has 0 saturated heterocycles. The van der Waals surface area contributed by atoms with E-state index in [-0.39, 0.29) is 65.4 Å². The van der Waals surface area contributed by atoms with Crippen LogP contribution in [-0.2, 0) is 65.4 Å². The van der Waals surface area contributed by atoms with Crippen molar-refractivity contribution >= 4 is 0 Å². The van der Waals surface area contributed by atoms with Gasteiger partial charge in [-0.05, 0) is 25.3 Å². The number of hydrogen-bond acceptors (Lipinski definition) is 2. The minimum atomic E-state index is 0. The van der Waals surface area contributed by atoms with Gasteiger partial charge in [-0.2, -0.15) is 0 Å². The molecular formula is C10H12O2Y2-2. The maximum Gasteiger partial charge on any atom is 0.157 e. The smallest absolute Gasteiger partial charge is 0.157 e. The Morgan fingerprint density at radius 2 is 1.21 bits per heavy atom. The standard InChI is InChI=1S/C10H12O2.2Y/c1-3-11-9-7-5-6-8-10(9)12-4-2;;/h5-8H,1-4H2;;/q-2;;. The number of rotatable bonds is 4. The van der Waals surface area contributed by atoms with Crippen LogP contribution < -0.4 is 9.47 Å². The van der Waals surface area contributed by atoms with Gasteiger partial charge in [0.1, 0.15) is 0 Å². The first-order valence-corrected chi connectivity index (χ1v) is 3.81. The summed E-state index contributed by atoms with van der Waals surface area (Å²) in [5.41, 5.74) is 0. The molecule has 1 aromatic carbocycles. The van der Waals surface area contributed by atoms with E-state index in [0.717, 1.165) is 11.5 Å². The number of benzene rings is 1. The van der Waals surface area contributed by atoms with Gasteiger partial charge in [0.2, 0.25) is 0 Å². The largest absolute Gasteiger partial charge is 0.522 e. The SMILES string of the molecule is [CH2-]COc1ccccc1OC[CH2-].[Y].[Y]. The zero-order chi connectivity index (χ0) is 8.81. The number of hydrogen-bond donors (Lipinski definition) is 0. The van der Waals surface area contributed by atoms with E-state index in [0.29, 0.717) is 13.2 Å². The summed E-state index contributed by atoms with van der Waals surface area (Å²) >= 11 is 0. The van der Waals surface area contributed by atoms with Gasteiger partial charge in [-0.15, -0.1) is 0 Å². The average Bonchev–Trinajstić information content (AvgIpc) is 2.09. The van der Waals surface area contributed by atoms with E-state index in [1.807, 2.05) is 24.3 Å². The molecule has 0 N–H and O–H groups in total. The molecule has 0 aliphatic heterocycles. The van der Waals surface area contributed by atoms with Gasteiger partial charge in [0.15, 0.2) is 11.5 Å². The van der Waals surface area contributed by atoms with Crippen LogP contribution in [0.4, 0.5) is 0 Å². The molecule has 4 heteroatoms. The molecule has 14 heavy (non-hydrogen) atoms. The van der Waals surface area contributed by atoms with Crippen molar-refractivity contribution in [1.82, 2.24) is 0 Å². The molecule has 72 valence electrons. The summed E-state index contributed by atoms with van der Waals surface area (Å²) in [7, 11) is 0. The molecule has 1 aromatic rings. The molecule has 0 aliphatic rings. The fraction of sp³-hybridized carbons (Fsp3) is 0.200. The first-order valence-electron chi connectivity index (χ1n) is 3.81. The van der Waals surface area contributed by atoms with E-state index >= 15 is 0 Å². The van der Waals surface area contributed by atoms with E-state index in [4.69, 9.17) is 9.47 Å². The molecular weight excluding hydrogens is 330 g/mol. The molecule has 0 saturated carbocycles. The summed E-state index contributed by atoms with van der Waals surface area (Å²) in [5, 5.41) is 0. The van der Waals surface area contributed by atoms with Crippen LogP contribution in [0.25, 0.3) is 0 Å². The first kappa shape index (κ1) is 17.4. The maximum atomic E-state index is 5.23. The quantitative estimate of drug-likeness (QED) is 0.781. The summed E-state index contributed by atoms with van der Waals surface area (Å²) < 4.78 is 10.5. The van der Waals surface area contributed by atoms with Crippen LogP contribution in [0.1, 0.15) is 0 Å². The van der Waals surface area contributed by atoms with Crippen LogP contribution in [0.15, 0.2) is 24.3 Å². The van der Waals surface area contributed by atoms with Gasteiger partial charge in [-0.25, -0.2) is 0 Å². The summed E-state index contributed by atoms with van der Waals surface area (Å²) in [5.74, 6) is 1.44. The minimum absolute atomic E-state index is 0. The van der Waals surface area contributed by atoms with E-state index in [2.05, 4.69) is 13.8 Å². The van der Waals surface area contributed by atoms with Crippen LogP contribution in [0.5, 0.6) is 11.5 Å². The Bertz CT molecular complexity index is 216. The van der Waals surface area contributed by atoms with Gasteiger partial charge >= 0.3 is 0 Å². The van der Waals surface area contributed by atoms with Crippen LogP contribution in [-0.4, -0.2) is 13.2 Å². The molecule has 0 aliphatic carbocycles. The van der Waals surface area contributed by atoms with Crippen molar-refractivity contribution in [1.29, 1.82) is 0 Å². The Labute approximate surface area is 136 Å². The topological polar surface area (TPSA) is 18.5 Å². The van der Waals surface area contributed by atoms with Crippen molar-refractivity contribution in [2.75, 3.05) is 13.2 Å². The van der Waals surface area contributed by atoms with Gasteiger partial charge in [-0.3, -0.25) is 0 Å². The third-order valence-electron chi connectivity index (χ3n) is 1.36. The molecule has 0 heterocycles. The van der Waals surface area contributed by atoms with Crippen LogP contribution in [0.2, 0.25) is 0 Å². The zero-order valence-corrected chi connectivity index (χ0v) is 13.8. The van der Waals surface area contributed by atoms with Crippen molar-refractivity contribution in [3.63, 3.8) is 0 Å². The monoisotopic (exact) mass is 342 g/mol.